The zero-order valence-corrected chi connectivity index (χ0v) is 15.9. The van der Waals surface area contributed by atoms with Gasteiger partial charge in [0.05, 0.1) is 12.8 Å². The molecule has 2 rings (SSSR count). The molecule has 4 amide bonds. The van der Waals surface area contributed by atoms with E-state index in [2.05, 4.69) is 21.7 Å². The lowest BCUT2D eigenvalue weighted by molar-refractivity contribution is -0.129. The van der Waals surface area contributed by atoms with Gasteiger partial charge < -0.3 is 0 Å². The summed E-state index contributed by atoms with van der Waals surface area (Å²) in [7, 11) is 0. The summed E-state index contributed by atoms with van der Waals surface area (Å²) in [5.41, 5.74) is 11.0. The van der Waals surface area contributed by atoms with E-state index in [-0.39, 0.29) is 43.9 Å². The fourth-order valence-electron chi connectivity index (χ4n) is 2.46. The van der Waals surface area contributed by atoms with Crippen LogP contribution in [0.5, 0.6) is 0 Å². The Hall–Kier alpha value is -3.68. The smallest absolute Gasteiger partial charge is 0.242 e. The molecule has 4 N–H and O–H groups in total. The minimum absolute atomic E-state index is 0.0665. The van der Waals surface area contributed by atoms with E-state index < -0.39 is 11.8 Å². The average molecular weight is 396 g/mol. The van der Waals surface area contributed by atoms with Crippen molar-refractivity contribution in [3.8, 4) is 0 Å². The minimum atomic E-state index is -0.396. The number of hydrogen-bond acceptors (Lipinski definition) is 4. The Kier molecular flexibility index (Phi) is 8.88. The van der Waals surface area contributed by atoms with Gasteiger partial charge in [0.25, 0.3) is 0 Å². The number of rotatable bonds is 8. The average Bonchev–Trinajstić information content (AvgIpc) is 2.72. The fraction of sp³-hybridized carbons (Fsp3) is 0.238. The van der Waals surface area contributed by atoms with E-state index in [1.54, 1.807) is 0 Å². The Bertz CT molecular complexity index is 756. The quantitative estimate of drug-likeness (QED) is 0.497. The van der Waals surface area contributed by atoms with Crippen molar-refractivity contribution in [2.24, 2.45) is 0 Å². The van der Waals surface area contributed by atoms with E-state index in [4.69, 9.17) is 0 Å². The second-order valence-corrected chi connectivity index (χ2v) is 6.37. The van der Waals surface area contributed by atoms with Crippen LogP contribution < -0.4 is 21.7 Å². The lowest BCUT2D eigenvalue weighted by atomic mass is 10.1. The van der Waals surface area contributed by atoms with Crippen LogP contribution in [-0.2, 0) is 32.0 Å². The van der Waals surface area contributed by atoms with Gasteiger partial charge in [-0.2, -0.15) is 0 Å². The van der Waals surface area contributed by atoms with E-state index in [1.807, 2.05) is 60.7 Å². The molecule has 0 radical (unpaired) electrons. The van der Waals surface area contributed by atoms with Gasteiger partial charge in [-0.3, -0.25) is 40.9 Å². The van der Waals surface area contributed by atoms with E-state index >= 15 is 0 Å². The lowest BCUT2D eigenvalue weighted by Crippen LogP contribution is -2.43. The molecular weight excluding hydrogens is 372 g/mol. The predicted octanol–water partition coefficient (Wildman–Crippen LogP) is 0.937. The zero-order chi connectivity index (χ0) is 20.9. The van der Waals surface area contributed by atoms with Gasteiger partial charge in [0.15, 0.2) is 0 Å². The molecule has 2 aromatic carbocycles. The van der Waals surface area contributed by atoms with Crippen molar-refractivity contribution in [3.05, 3.63) is 71.8 Å². The molecule has 152 valence electrons. The van der Waals surface area contributed by atoms with Crippen LogP contribution in [0.4, 0.5) is 0 Å². The molecule has 0 heterocycles. The van der Waals surface area contributed by atoms with Crippen molar-refractivity contribution in [1.82, 2.24) is 21.7 Å². The molecule has 0 fully saturated rings. The Morgan fingerprint density at radius 3 is 1.24 bits per heavy atom. The lowest BCUT2D eigenvalue weighted by Gasteiger charge is -2.09. The van der Waals surface area contributed by atoms with E-state index in [0.717, 1.165) is 11.1 Å². The van der Waals surface area contributed by atoms with Crippen LogP contribution in [0.2, 0.25) is 0 Å². The highest BCUT2D eigenvalue weighted by Crippen LogP contribution is 2.00. The number of hydrogen-bond donors (Lipinski definition) is 4. The topological polar surface area (TPSA) is 116 Å². The van der Waals surface area contributed by atoms with Crippen molar-refractivity contribution in [2.75, 3.05) is 0 Å². The van der Waals surface area contributed by atoms with Gasteiger partial charge in [0.1, 0.15) is 0 Å². The third-order valence-corrected chi connectivity index (χ3v) is 3.91. The summed E-state index contributed by atoms with van der Waals surface area (Å²) in [5.74, 6) is -1.45. The maximum absolute atomic E-state index is 11.7. The van der Waals surface area contributed by atoms with Crippen LogP contribution in [0.25, 0.3) is 0 Å². The normalized spacial score (nSPS) is 9.93. The molecule has 0 saturated carbocycles. The summed E-state index contributed by atoms with van der Waals surface area (Å²) in [6.07, 6.45) is 0.729. The first-order valence-corrected chi connectivity index (χ1v) is 9.26. The van der Waals surface area contributed by atoms with E-state index in [0.29, 0.717) is 0 Å². The van der Waals surface area contributed by atoms with Gasteiger partial charge in [0, 0.05) is 12.8 Å². The number of amides is 4. The third kappa shape index (κ3) is 9.18. The summed E-state index contributed by atoms with van der Waals surface area (Å²) in [5, 5.41) is 0. The molecule has 0 saturated heterocycles. The summed E-state index contributed by atoms with van der Waals surface area (Å²) in [4.78, 5) is 46.9. The number of benzene rings is 2. The van der Waals surface area contributed by atoms with Gasteiger partial charge in [-0.25, -0.2) is 0 Å². The number of carbonyl (C=O) groups excluding carboxylic acids is 4. The highest BCUT2D eigenvalue weighted by atomic mass is 16.2. The maximum atomic E-state index is 11.7. The SMILES string of the molecule is O=C(CCCC(=O)NNC(=O)Cc1ccccc1)NNC(=O)Cc1ccccc1. The molecule has 0 spiro atoms. The number of hydrazine groups is 2. The molecule has 29 heavy (non-hydrogen) atoms. The van der Waals surface area contributed by atoms with Gasteiger partial charge in [-0.15, -0.1) is 0 Å². The van der Waals surface area contributed by atoms with Gasteiger partial charge in [-0.05, 0) is 17.5 Å². The maximum Gasteiger partial charge on any atom is 0.242 e. The number of carbonyl (C=O) groups is 4. The minimum Gasteiger partial charge on any atom is -0.273 e. The van der Waals surface area contributed by atoms with Crippen molar-refractivity contribution in [2.45, 2.75) is 32.1 Å². The molecular formula is C21H24N4O4. The van der Waals surface area contributed by atoms with Gasteiger partial charge >= 0.3 is 0 Å². The first-order chi connectivity index (χ1) is 14.0. The Labute approximate surface area is 169 Å². The fourth-order valence-corrected chi connectivity index (χ4v) is 2.46. The molecule has 8 heteroatoms. The van der Waals surface area contributed by atoms with Gasteiger partial charge in [0.2, 0.25) is 23.6 Å². The second-order valence-electron chi connectivity index (χ2n) is 6.37. The number of nitrogens with one attached hydrogen (secondary N) is 4. The van der Waals surface area contributed by atoms with Crippen molar-refractivity contribution >= 4 is 23.6 Å². The highest BCUT2D eigenvalue weighted by Gasteiger charge is 2.09. The van der Waals surface area contributed by atoms with Crippen LogP contribution in [0, 0.1) is 0 Å². The molecule has 0 aromatic heterocycles. The highest BCUT2D eigenvalue weighted by molar-refractivity contribution is 5.84. The summed E-state index contributed by atoms with van der Waals surface area (Å²) < 4.78 is 0. The molecule has 8 nitrogen and oxygen atoms in total. The van der Waals surface area contributed by atoms with E-state index in [1.165, 1.54) is 0 Å². The Balaban J connectivity index is 1.54. The van der Waals surface area contributed by atoms with Crippen LogP contribution in [0.1, 0.15) is 30.4 Å². The molecule has 0 atom stereocenters. The van der Waals surface area contributed by atoms with E-state index in [9.17, 15) is 19.2 Å². The first kappa shape index (κ1) is 21.6. The molecule has 2 aromatic rings. The largest absolute Gasteiger partial charge is 0.273 e. The molecule has 0 aliphatic heterocycles. The molecule has 0 unspecified atom stereocenters. The predicted molar refractivity (Wildman–Crippen MR) is 107 cm³/mol. The monoisotopic (exact) mass is 396 g/mol. The molecule has 0 aliphatic rings. The van der Waals surface area contributed by atoms with Crippen molar-refractivity contribution < 1.29 is 19.2 Å². The summed E-state index contributed by atoms with van der Waals surface area (Å²) in [6.45, 7) is 0. The van der Waals surface area contributed by atoms with Crippen LogP contribution in [0.3, 0.4) is 0 Å². The Morgan fingerprint density at radius 1 is 0.517 bits per heavy atom. The zero-order valence-electron chi connectivity index (χ0n) is 15.9. The standard InChI is InChI=1S/C21H24N4O4/c26-18(22-24-20(28)14-16-8-3-1-4-9-16)12-7-13-19(27)23-25-21(29)15-17-10-5-2-6-11-17/h1-6,8-11H,7,12-15H2,(H,22,26)(H,23,27)(H,24,28)(H,25,29). The second kappa shape index (κ2) is 11.9. The van der Waals surface area contributed by atoms with Crippen molar-refractivity contribution in [3.63, 3.8) is 0 Å². The van der Waals surface area contributed by atoms with Crippen LogP contribution in [-0.4, -0.2) is 23.6 Å². The van der Waals surface area contributed by atoms with Crippen LogP contribution in [0.15, 0.2) is 60.7 Å². The Morgan fingerprint density at radius 2 is 0.862 bits per heavy atom. The van der Waals surface area contributed by atoms with Gasteiger partial charge in [-0.1, -0.05) is 60.7 Å². The molecule has 0 aliphatic carbocycles. The summed E-state index contributed by atoms with van der Waals surface area (Å²) >= 11 is 0. The first-order valence-electron chi connectivity index (χ1n) is 9.26. The van der Waals surface area contributed by atoms with Crippen molar-refractivity contribution in [1.29, 1.82) is 0 Å². The summed E-state index contributed by atoms with van der Waals surface area (Å²) in [6, 6.07) is 18.3. The van der Waals surface area contributed by atoms with Crippen LogP contribution >= 0.6 is 0 Å². The third-order valence-electron chi connectivity index (χ3n) is 3.91. The molecule has 0 bridgehead atoms.